The molecule has 0 aliphatic carbocycles. The molecule has 0 spiro atoms. The molecule has 15 heavy (non-hydrogen) atoms. The molecule has 0 amide bonds. The number of nitrogens with zero attached hydrogens (tertiary/aromatic N) is 1. The number of nitrogens with one attached hydrogen (secondary N) is 1. The molecular weight excluding hydrogens is 219 g/mol. The van der Waals surface area contributed by atoms with Crippen LogP contribution < -0.4 is 5.32 Å². The van der Waals surface area contributed by atoms with Crippen LogP contribution in [0.4, 0.5) is 27.6 Å². The maximum Gasteiger partial charge on any atom is 0.253 e. The lowest BCUT2D eigenvalue weighted by Gasteiger charge is -2.07. The lowest BCUT2D eigenvalue weighted by molar-refractivity contribution is 0.410. The fourth-order valence-electron chi connectivity index (χ4n) is 0.922. The summed E-state index contributed by atoms with van der Waals surface area (Å²) in [4.78, 5) is 2.36. The van der Waals surface area contributed by atoms with Gasteiger partial charge in [-0.3, -0.25) is 4.39 Å². The number of hydrogen-bond acceptors (Lipinski definition) is 2. The second-order valence-corrected chi connectivity index (χ2v) is 2.67. The quantitative estimate of drug-likeness (QED) is 0.484. The number of anilines is 1. The first-order valence-corrected chi connectivity index (χ1v) is 4.07. The molecule has 0 saturated heterocycles. The SMILES string of the molecule is FCCCNc1c(F)c(F)nc(F)c1F. The van der Waals surface area contributed by atoms with E-state index in [0.29, 0.717) is 0 Å². The van der Waals surface area contributed by atoms with Crippen molar-refractivity contribution in [3.8, 4) is 0 Å². The van der Waals surface area contributed by atoms with Crippen LogP contribution in [0, 0.1) is 23.5 Å². The summed E-state index contributed by atoms with van der Waals surface area (Å²) in [5.41, 5.74) is -0.964. The summed E-state index contributed by atoms with van der Waals surface area (Å²) in [6, 6.07) is 0. The first kappa shape index (κ1) is 11.7. The van der Waals surface area contributed by atoms with Gasteiger partial charge in [0.15, 0.2) is 0 Å². The number of hydrogen-bond donors (Lipinski definition) is 1. The first-order chi connectivity index (χ1) is 7.07. The third-order valence-electron chi connectivity index (χ3n) is 1.61. The molecule has 7 heteroatoms. The van der Waals surface area contributed by atoms with E-state index in [0.717, 1.165) is 0 Å². The van der Waals surface area contributed by atoms with Crippen molar-refractivity contribution in [3.63, 3.8) is 0 Å². The number of aromatic nitrogens is 1. The highest BCUT2D eigenvalue weighted by atomic mass is 19.2. The highest BCUT2D eigenvalue weighted by molar-refractivity contribution is 5.45. The van der Waals surface area contributed by atoms with Gasteiger partial charge in [0.2, 0.25) is 11.6 Å². The molecule has 0 aromatic carbocycles. The summed E-state index contributed by atoms with van der Waals surface area (Å²) in [5.74, 6) is -6.71. The van der Waals surface area contributed by atoms with E-state index in [2.05, 4.69) is 10.3 Å². The third-order valence-corrected chi connectivity index (χ3v) is 1.61. The van der Waals surface area contributed by atoms with Crippen LogP contribution in [0.15, 0.2) is 0 Å². The Morgan fingerprint density at radius 2 is 1.53 bits per heavy atom. The molecule has 1 rings (SSSR count). The van der Waals surface area contributed by atoms with Gasteiger partial charge < -0.3 is 5.32 Å². The van der Waals surface area contributed by atoms with Crippen molar-refractivity contribution in [2.75, 3.05) is 18.5 Å². The van der Waals surface area contributed by atoms with Gasteiger partial charge in [-0.15, -0.1) is 0 Å². The Morgan fingerprint density at radius 1 is 1.00 bits per heavy atom. The third kappa shape index (κ3) is 2.54. The Kier molecular flexibility index (Phi) is 3.81. The van der Waals surface area contributed by atoms with Crippen LogP contribution in [0.1, 0.15) is 6.42 Å². The van der Waals surface area contributed by atoms with Crippen LogP contribution in [-0.4, -0.2) is 18.2 Å². The van der Waals surface area contributed by atoms with Gasteiger partial charge in [-0.05, 0) is 6.42 Å². The molecule has 0 saturated carbocycles. The number of alkyl halides is 1. The lowest BCUT2D eigenvalue weighted by atomic mass is 10.3. The largest absolute Gasteiger partial charge is 0.380 e. The smallest absolute Gasteiger partial charge is 0.253 e. The van der Waals surface area contributed by atoms with E-state index in [9.17, 15) is 22.0 Å². The van der Waals surface area contributed by atoms with Crippen LogP contribution in [0.2, 0.25) is 0 Å². The van der Waals surface area contributed by atoms with Crippen molar-refractivity contribution in [3.05, 3.63) is 23.5 Å². The highest BCUT2D eigenvalue weighted by Gasteiger charge is 2.19. The average Bonchev–Trinajstić information content (AvgIpc) is 2.20. The standard InChI is InChI=1S/C8H7F5N2/c9-2-1-3-14-6-4(10)7(12)15-8(13)5(6)11/h1-3H2,(H,14,15). The van der Waals surface area contributed by atoms with Gasteiger partial charge in [-0.25, -0.2) is 0 Å². The fraction of sp³-hybridized carbons (Fsp3) is 0.375. The van der Waals surface area contributed by atoms with Gasteiger partial charge in [0.05, 0.1) is 6.67 Å². The molecule has 1 aromatic rings. The molecule has 0 bridgehead atoms. The maximum atomic E-state index is 12.9. The molecule has 2 nitrogen and oxygen atoms in total. The van der Waals surface area contributed by atoms with Crippen molar-refractivity contribution in [2.45, 2.75) is 6.42 Å². The molecule has 1 heterocycles. The van der Waals surface area contributed by atoms with Gasteiger partial charge in [0.1, 0.15) is 5.69 Å². The van der Waals surface area contributed by atoms with Crippen LogP contribution in [-0.2, 0) is 0 Å². The summed E-state index contributed by atoms with van der Waals surface area (Å²) in [6.07, 6.45) is -0.0234. The Balaban J connectivity index is 2.94. The molecule has 0 aliphatic rings. The maximum absolute atomic E-state index is 12.9. The number of rotatable bonds is 4. The Labute approximate surface area is 82.1 Å². The summed E-state index contributed by atoms with van der Waals surface area (Å²) in [5, 5.41) is 2.05. The highest BCUT2D eigenvalue weighted by Crippen LogP contribution is 2.21. The van der Waals surface area contributed by atoms with E-state index in [4.69, 9.17) is 0 Å². The fourth-order valence-corrected chi connectivity index (χ4v) is 0.922. The van der Waals surface area contributed by atoms with E-state index in [1.807, 2.05) is 0 Å². The molecule has 0 unspecified atom stereocenters. The van der Waals surface area contributed by atoms with E-state index in [-0.39, 0.29) is 13.0 Å². The minimum atomic E-state index is -1.74. The van der Waals surface area contributed by atoms with E-state index < -0.39 is 35.9 Å². The van der Waals surface area contributed by atoms with Gasteiger partial charge >= 0.3 is 0 Å². The topological polar surface area (TPSA) is 24.9 Å². The van der Waals surface area contributed by atoms with Crippen molar-refractivity contribution in [1.82, 2.24) is 4.98 Å². The van der Waals surface area contributed by atoms with Crippen molar-refractivity contribution < 1.29 is 22.0 Å². The zero-order chi connectivity index (χ0) is 11.4. The molecule has 0 fully saturated rings. The zero-order valence-electron chi connectivity index (χ0n) is 7.46. The first-order valence-electron chi connectivity index (χ1n) is 4.07. The second-order valence-electron chi connectivity index (χ2n) is 2.67. The minimum Gasteiger partial charge on any atom is -0.380 e. The van der Waals surface area contributed by atoms with Crippen LogP contribution in [0.3, 0.4) is 0 Å². The predicted molar refractivity (Wildman–Crippen MR) is 43.2 cm³/mol. The summed E-state index contributed by atoms with van der Waals surface area (Å²) < 4.78 is 62.5. The summed E-state index contributed by atoms with van der Waals surface area (Å²) >= 11 is 0. The lowest BCUT2D eigenvalue weighted by Crippen LogP contribution is -2.10. The van der Waals surface area contributed by atoms with Crippen LogP contribution in [0.25, 0.3) is 0 Å². The van der Waals surface area contributed by atoms with Crippen molar-refractivity contribution in [1.29, 1.82) is 0 Å². The average molecular weight is 226 g/mol. The molecular formula is C8H7F5N2. The molecule has 1 N–H and O–H groups in total. The minimum absolute atomic E-state index is 0.0234. The van der Waals surface area contributed by atoms with E-state index >= 15 is 0 Å². The summed E-state index contributed by atoms with van der Waals surface area (Å²) in [6.45, 7) is -0.834. The van der Waals surface area contributed by atoms with Gasteiger partial charge in [0.25, 0.3) is 11.9 Å². The molecule has 84 valence electrons. The Hall–Kier alpha value is -1.40. The van der Waals surface area contributed by atoms with Gasteiger partial charge in [-0.2, -0.15) is 22.5 Å². The number of pyridine rings is 1. The molecule has 0 atom stereocenters. The molecule has 0 radical (unpaired) electrons. The van der Waals surface area contributed by atoms with Crippen molar-refractivity contribution >= 4 is 5.69 Å². The van der Waals surface area contributed by atoms with Gasteiger partial charge in [-0.1, -0.05) is 0 Å². The second kappa shape index (κ2) is 4.90. The predicted octanol–water partition coefficient (Wildman–Crippen LogP) is 2.41. The van der Waals surface area contributed by atoms with Crippen molar-refractivity contribution in [2.24, 2.45) is 0 Å². The zero-order valence-corrected chi connectivity index (χ0v) is 7.46. The van der Waals surface area contributed by atoms with E-state index in [1.165, 1.54) is 0 Å². The molecule has 1 aromatic heterocycles. The van der Waals surface area contributed by atoms with E-state index in [1.54, 1.807) is 0 Å². The van der Waals surface area contributed by atoms with Crippen LogP contribution in [0.5, 0.6) is 0 Å². The summed E-state index contributed by atoms with van der Waals surface area (Å²) in [7, 11) is 0. The van der Waals surface area contributed by atoms with Gasteiger partial charge in [0, 0.05) is 6.54 Å². The number of halogens is 5. The Morgan fingerprint density at radius 3 is 2.00 bits per heavy atom. The molecule has 0 aliphatic heterocycles. The Bertz CT molecular complexity index is 329. The van der Waals surface area contributed by atoms with Crippen LogP contribution >= 0.6 is 0 Å². The normalized spacial score (nSPS) is 10.5. The monoisotopic (exact) mass is 226 g/mol.